The second-order valence-electron chi connectivity index (χ2n) is 7.61. The minimum absolute atomic E-state index is 0.242. The predicted octanol–water partition coefficient (Wildman–Crippen LogP) is 6.03. The molecule has 0 aliphatic heterocycles. The Morgan fingerprint density at radius 2 is 1.80 bits per heavy atom. The molecule has 0 radical (unpaired) electrons. The highest BCUT2D eigenvalue weighted by molar-refractivity contribution is 8.03. The van der Waals surface area contributed by atoms with Crippen molar-refractivity contribution < 1.29 is 14.0 Å². The van der Waals surface area contributed by atoms with E-state index in [0.717, 1.165) is 35.7 Å². The molecule has 0 atom stereocenters. The molecule has 0 fully saturated rings. The number of ether oxygens (including phenoxy) is 1. The van der Waals surface area contributed by atoms with Crippen LogP contribution in [0.15, 0.2) is 46.2 Å². The van der Waals surface area contributed by atoms with Crippen molar-refractivity contribution in [2.75, 3.05) is 13.7 Å². The summed E-state index contributed by atoms with van der Waals surface area (Å²) in [5.74, 6) is -0.295. The van der Waals surface area contributed by atoms with Crippen LogP contribution in [0.3, 0.4) is 0 Å². The quantitative estimate of drug-likeness (QED) is 0.172. The van der Waals surface area contributed by atoms with Crippen LogP contribution in [0.2, 0.25) is 18.1 Å². The van der Waals surface area contributed by atoms with Crippen LogP contribution >= 0.6 is 11.8 Å². The maximum absolute atomic E-state index is 11.6. The van der Waals surface area contributed by atoms with Crippen LogP contribution in [0, 0.1) is 0 Å². The highest BCUT2D eigenvalue weighted by Gasteiger charge is 2.36. The van der Waals surface area contributed by atoms with Crippen molar-refractivity contribution in [2.45, 2.75) is 63.1 Å². The fourth-order valence-corrected chi connectivity index (χ4v) is 4.01. The third-order valence-corrected chi connectivity index (χ3v) is 10.2. The molecule has 0 bridgehead atoms. The second kappa shape index (κ2) is 10.2. The number of esters is 1. The van der Waals surface area contributed by atoms with E-state index in [1.165, 1.54) is 7.11 Å². The molecule has 5 heteroatoms. The Labute approximate surface area is 158 Å². The second-order valence-corrected chi connectivity index (χ2v) is 13.6. The first kappa shape index (κ1) is 22.0. The first-order valence-electron chi connectivity index (χ1n) is 8.81. The molecule has 0 spiro atoms. The Kier molecular flexibility index (Phi) is 8.97. The SMILES string of the molecule is COC(=O)/C=C(/CCCCO[Si](C)(C)C(C)(C)C)Sc1ccccc1. The van der Waals surface area contributed by atoms with Crippen molar-refractivity contribution in [3.8, 4) is 0 Å². The van der Waals surface area contributed by atoms with E-state index >= 15 is 0 Å². The van der Waals surface area contributed by atoms with Crippen molar-refractivity contribution in [1.82, 2.24) is 0 Å². The van der Waals surface area contributed by atoms with E-state index in [1.54, 1.807) is 17.8 Å². The Balaban J connectivity index is 2.51. The minimum atomic E-state index is -1.67. The van der Waals surface area contributed by atoms with Crippen LogP contribution in [0.1, 0.15) is 40.0 Å². The van der Waals surface area contributed by atoms with Gasteiger partial charge in [-0.25, -0.2) is 4.79 Å². The van der Waals surface area contributed by atoms with Crippen LogP contribution in [0.5, 0.6) is 0 Å². The van der Waals surface area contributed by atoms with Gasteiger partial charge < -0.3 is 9.16 Å². The molecule has 25 heavy (non-hydrogen) atoms. The Bertz CT molecular complexity index is 562. The van der Waals surface area contributed by atoms with Gasteiger partial charge in [0.25, 0.3) is 0 Å². The average molecular weight is 381 g/mol. The van der Waals surface area contributed by atoms with Gasteiger partial charge >= 0.3 is 5.97 Å². The predicted molar refractivity (Wildman–Crippen MR) is 109 cm³/mol. The van der Waals surface area contributed by atoms with E-state index in [-0.39, 0.29) is 11.0 Å². The molecule has 0 aromatic heterocycles. The van der Waals surface area contributed by atoms with Crippen molar-refractivity contribution >= 4 is 26.0 Å². The van der Waals surface area contributed by atoms with Crippen molar-refractivity contribution in [3.05, 3.63) is 41.3 Å². The molecule has 140 valence electrons. The van der Waals surface area contributed by atoms with Gasteiger partial charge in [-0.1, -0.05) is 50.7 Å². The van der Waals surface area contributed by atoms with Crippen molar-refractivity contribution in [2.24, 2.45) is 0 Å². The standard InChI is InChI=1S/C20H32O3SSi/c1-20(2,3)25(5,6)23-15-11-10-14-18(16-19(21)22-4)24-17-12-8-7-9-13-17/h7-9,12-13,16H,10-11,14-15H2,1-6H3/b18-16-. The highest BCUT2D eigenvalue weighted by Crippen LogP contribution is 2.36. The Hall–Kier alpha value is -1.04. The molecule has 0 saturated heterocycles. The third-order valence-electron chi connectivity index (χ3n) is 4.56. The summed E-state index contributed by atoms with van der Waals surface area (Å²) in [7, 11) is -0.256. The molecular weight excluding hydrogens is 348 g/mol. The van der Waals surface area contributed by atoms with E-state index in [0.29, 0.717) is 0 Å². The minimum Gasteiger partial charge on any atom is -0.466 e. The summed E-state index contributed by atoms with van der Waals surface area (Å²) < 4.78 is 11.0. The van der Waals surface area contributed by atoms with E-state index in [4.69, 9.17) is 9.16 Å². The lowest BCUT2D eigenvalue weighted by Gasteiger charge is -2.36. The Morgan fingerprint density at radius 3 is 2.36 bits per heavy atom. The van der Waals surface area contributed by atoms with Gasteiger partial charge in [0.1, 0.15) is 0 Å². The van der Waals surface area contributed by atoms with E-state index in [9.17, 15) is 4.79 Å². The van der Waals surface area contributed by atoms with Gasteiger partial charge in [0.05, 0.1) is 7.11 Å². The molecule has 1 aromatic carbocycles. The highest BCUT2D eigenvalue weighted by atomic mass is 32.2. The number of carbonyl (C=O) groups excluding carboxylic acids is 1. The van der Waals surface area contributed by atoms with E-state index in [2.05, 4.69) is 46.0 Å². The largest absolute Gasteiger partial charge is 0.466 e. The van der Waals surface area contributed by atoms with Crippen LogP contribution in [-0.4, -0.2) is 28.0 Å². The van der Waals surface area contributed by atoms with Crippen molar-refractivity contribution in [1.29, 1.82) is 0 Å². The van der Waals surface area contributed by atoms with E-state index < -0.39 is 8.32 Å². The normalized spacial score (nSPS) is 13.0. The number of benzene rings is 1. The lowest BCUT2D eigenvalue weighted by Crippen LogP contribution is -2.40. The van der Waals surface area contributed by atoms with Gasteiger partial charge in [-0.05, 0) is 54.4 Å². The first-order chi connectivity index (χ1) is 11.7. The maximum atomic E-state index is 11.6. The fraction of sp³-hybridized carbons (Fsp3) is 0.550. The summed E-state index contributed by atoms with van der Waals surface area (Å²) in [6.45, 7) is 12.1. The molecule has 1 aromatic rings. The molecular formula is C20H32O3SSi. The maximum Gasteiger partial charge on any atom is 0.331 e. The lowest BCUT2D eigenvalue weighted by atomic mass is 10.2. The van der Waals surface area contributed by atoms with Gasteiger partial charge in [0, 0.05) is 17.6 Å². The van der Waals surface area contributed by atoms with Crippen molar-refractivity contribution in [3.63, 3.8) is 0 Å². The van der Waals surface area contributed by atoms with Gasteiger partial charge in [0.2, 0.25) is 0 Å². The summed E-state index contributed by atoms with van der Waals surface area (Å²) in [6, 6.07) is 10.1. The van der Waals surface area contributed by atoms with Crippen LogP contribution in [0.4, 0.5) is 0 Å². The fourth-order valence-electron chi connectivity index (χ4n) is 1.93. The third kappa shape index (κ3) is 8.25. The molecule has 0 aliphatic carbocycles. The molecule has 0 N–H and O–H groups in total. The van der Waals surface area contributed by atoms with Crippen LogP contribution in [-0.2, 0) is 14.0 Å². The first-order valence-corrected chi connectivity index (χ1v) is 12.5. The lowest BCUT2D eigenvalue weighted by molar-refractivity contribution is -0.134. The number of unbranched alkanes of at least 4 members (excludes halogenated alkanes) is 1. The zero-order valence-corrected chi connectivity index (χ0v) is 18.2. The van der Waals surface area contributed by atoms with Gasteiger partial charge in [0.15, 0.2) is 8.32 Å². The number of carbonyl (C=O) groups is 1. The number of methoxy groups -OCH3 is 1. The molecule has 0 saturated carbocycles. The van der Waals surface area contributed by atoms with Gasteiger partial charge in [-0.15, -0.1) is 0 Å². The number of thioether (sulfide) groups is 1. The number of hydrogen-bond acceptors (Lipinski definition) is 4. The van der Waals surface area contributed by atoms with Gasteiger partial charge in [-0.3, -0.25) is 0 Å². The molecule has 0 amide bonds. The summed E-state index contributed by atoms with van der Waals surface area (Å²) in [5, 5.41) is 0.242. The number of rotatable bonds is 9. The summed E-state index contributed by atoms with van der Waals surface area (Å²) in [5.41, 5.74) is 0. The summed E-state index contributed by atoms with van der Waals surface area (Å²) >= 11 is 1.63. The molecule has 0 aliphatic rings. The zero-order valence-electron chi connectivity index (χ0n) is 16.4. The van der Waals surface area contributed by atoms with Gasteiger partial charge in [-0.2, -0.15) is 0 Å². The molecule has 0 unspecified atom stereocenters. The number of hydrogen-bond donors (Lipinski definition) is 0. The molecule has 0 heterocycles. The summed E-state index contributed by atoms with van der Waals surface area (Å²) in [6.07, 6.45) is 4.46. The smallest absolute Gasteiger partial charge is 0.331 e. The average Bonchev–Trinajstić information content (AvgIpc) is 2.54. The zero-order chi connectivity index (χ0) is 18.9. The number of allylic oxidation sites excluding steroid dienone is 1. The van der Waals surface area contributed by atoms with Crippen LogP contribution in [0.25, 0.3) is 0 Å². The van der Waals surface area contributed by atoms with Crippen LogP contribution < -0.4 is 0 Å². The molecule has 3 nitrogen and oxygen atoms in total. The molecule has 1 rings (SSSR count). The topological polar surface area (TPSA) is 35.5 Å². The monoisotopic (exact) mass is 380 g/mol. The van der Waals surface area contributed by atoms with E-state index in [1.807, 2.05) is 18.2 Å². The Morgan fingerprint density at radius 1 is 1.16 bits per heavy atom. The summed E-state index contributed by atoms with van der Waals surface area (Å²) in [4.78, 5) is 13.8.